The van der Waals surface area contributed by atoms with Crippen molar-refractivity contribution in [3.05, 3.63) is 72.6 Å². The van der Waals surface area contributed by atoms with E-state index in [1.54, 1.807) is 12.1 Å². The van der Waals surface area contributed by atoms with Crippen molar-refractivity contribution in [2.75, 3.05) is 47.9 Å². The molecule has 1 saturated heterocycles. The number of anilines is 3. The van der Waals surface area contributed by atoms with Crippen LogP contribution >= 0.6 is 0 Å². The molecule has 166 valence electrons. The van der Waals surface area contributed by atoms with E-state index in [1.807, 2.05) is 24.3 Å². The van der Waals surface area contributed by atoms with Gasteiger partial charge in [0, 0.05) is 43.5 Å². The maximum atomic E-state index is 12.6. The van der Waals surface area contributed by atoms with Gasteiger partial charge in [-0.3, -0.25) is 4.79 Å². The summed E-state index contributed by atoms with van der Waals surface area (Å²) in [5, 5.41) is 2.88. The summed E-state index contributed by atoms with van der Waals surface area (Å²) in [5.41, 5.74) is 1.80. The molecule has 0 spiro atoms. The van der Waals surface area contributed by atoms with Crippen molar-refractivity contribution in [3.63, 3.8) is 0 Å². The summed E-state index contributed by atoms with van der Waals surface area (Å²) in [4.78, 5) is 25.9. The zero-order valence-electron chi connectivity index (χ0n) is 18.4. The van der Waals surface area contributed by atoms with Gasteiger partial charge in [0.05, 0.1) is 6.61 Å². The molecule has 32 heavy (non-hydrogen) atoms. The van der Waals surface area contributed by atoms with E-state index in [4.69, 9.17) is 4.74 Å². The SMILES string of the molecule is CCCCOc1ccc(C(=O)Nc2cc(N3CCN(c4ccccc4)CC3)ncn2)cc1. The van der Waals surface area contributed by atoms with Crippen LogP contribution in [-0.4, -0.2) is 48.7 Å². The standard InChI is InChI=1S/C25H29N5O2/c1-2-3-17-32-22-11-9-20(10-12-22)25(31)28-23-18-24(27-19-26-23)30-15-13-29(14-16-30)21-7-5-4-6-8-21/h4-12,18-19H,2-3,13-17H2,1H3,(H,26,27,28,31). The Hall–Kier alpha value is -3.61. The lowest BCUT2D eigenvalue weighted by Crippen LogP contribution is -2.46. The number of hydrogen-bond donors (Lipinski definition) is 1. The summed E-state index contributed by atoms with van der Waals surface area (Å²) < 4.78 is 5.66. The highest BCUT2D eigenvalue weighted by Crippen LogP contribution is 2.21. The monoisotopic (exact) mass is 431 g/mol. The summed E-state index contributed by atoms with van der Waals surface area (Å²) >= 11 is 0. The molecular weight excluding hydrogens is 402 g/mol. The maximum absolute atomic E-state index is 12.6. The number of piperazine rings is 1. The molecule has 1 N–H and O–H groups in total. The fraction of sp³-hybridized carbons (Fsp3) is 0.320. The number of nitrogens with zero attached hydrogens (tertiary/aromatic N) is 4. The molecular formula is C25H29N5O2. The molecule has 1 amide bonds. The molecule has 1 aliphatic heterocycles. The molecule has 7 nitrogen and oxygen atoms in total. The van der Waals surface area contributed by atoms with Gasteiger partial charge in [-0.25, -0.2) is 9.97 Å². The Morgan fingerprint density at radius 2 is 1.69 bits per heavy atom. The molecule has 2 aromatic carbocycles. The second-order valence-corrected chi connectivity index (χ2v) is 7.75. The van der Waals surface area contributed by atoms with Crippen LogP contribution in [0.2, 0.25) is 0 Å². The van der Waals surface area contributed by atoms with Gasteiger partial charge >= 0.3 is 0 Å². The third-order valence-corrected chi connectivity index (χ3v) is 5.50. The zero-order valence-corrected chi connectivity index (χ0v) is 18.4. The van der Waals surface area contributed by atoms with Crippen molar-refractivity contribution >= 4 is 23.2 Å². The molecule has 3 aromatic rings. The van der Waals surface area contributed by atoms with E-state index in [1.165, 1.54) is 12.0 Å². The highest BCUT2D eigenvalue weighted by Gasteiger charge is 2.19. The van der Waals surface area contributed by atoms with Crippen molar-refractivity contribution < 1.29 is 9.53 Å². The number of aromatic nitrogens is 2. The first-order valence-corrected chi connectivity index (χ1v) is 11.1. The molecule has 1 aliphatic rings. The van der Waals surface area contributed by atoms with Crippen LogP contribution in [0.5, 0.6) is 5.75 Å². The van der Waals surface area contributed by atoms with E-state index < -0.39 is 0 Å². The molecule has 2 heterocycles. The van der Waals surface area contributed by atoms with Gasteiger partial charge in [0.25, 0.3) is 5.91 Å². The summed E-state index contributed by atoms with van der Waals surface area (Å²) in [6.07, 6.45) is 3.60. The minimum atomic E-state index is -0.205. The van der Waals surface area contributed by atoms with Gasteiger partial charge in [-0.05, 0) is 42.8 Å². The quantitative estimate of drug-likeness (QED) is 0.538. The van der Waals surface area contributed by atoms with E-state index in [9.17, 15) is 4.79 Å². The van der Waals surface area contributed by atoms with Gasteiger partial charge in [0.1, 0.15) is 23.7 Å². The summed E-state index contributed by atoms with van der Waals surface area (Å²) in [7, 11) is 0. The molecule has 0 aliphatic carbocycles. The average molecular weight is 432 g/mol. The Kier molecular flexibility index (Phi) is 7.17. The molecule has 0 atom stereocenters. The number of unbranched alkanes of at least 4 members (excludes halogenated alkanes) is 1. The van der Waals surface area contributed by atoms with E-state index >= 15 is 0 Å². The fourth-order valence-electron chi connectivity index (χ4n) is 3.65. The number of carbonyl (C=O) groups excluding carboxylic acids is 1. The van der Waals surface area contributed by atoms with Gasteiger partial charge in [-0.1, -0.05) is 31.5 Å². The van der Waals surface area contributed by atoms with Crippen molar-refractivity contribution in [1.29, 1.82) is 0 Å². The molecule has 0 unspecified atom stereocenters. The van der Waals surface area contributed by atoms with Crippen LogP contribution in [0, 0.1) is 0 Å². The van der Waals surface area contributed by atoms with Crippen LogP contribution in [0.4, 0.5) is 17.3 Å². The Morgan fingerprint density at radius 3 is 2.41 bits per heavy atom. The lowest BCUT2D eigenvalue weighted by Gasteiger charge is -2.36. The number of carbonyl (C=O) groups is 1. The van der Waals surface area contributed by atoms with Crippen LogP contribution in [0.1, 0.15) is 30.1 Å². The number of hydrogen-bond acceptors (Lipinski definition) is 6. The molecule has 0 bridgehead atoms. The third-order valence-electron chi connectivity index (χ3n) is 5.50. The van der Waals surface area contributed by atoms with E-state index in [0.29, 0.717) is 18.0 Å². The average Bonchev–Trinajstić information content (AvgIpc) is 2.85. The molecule has 7 heteroatoms. The van der Waals surface area contributed by atoms with Gasteiger partial charge < -0.3 is 19.9 Å². The van der Waals surface area contributed by atoms with Gasteiger partial charge in [0.2, 0.25) is 0 Å². The zero-order chi connectivity index (χ0) is 22.2. The van der Waals surface area contributed by atoms with E-state index in [2.05, 4.69) is 56.3 Å². The van der Waals surface area contributed by atoms with Crippen molar-refractivity contribution in [2.24, 2.45) is 0 Å². The highest BCUT2D eigenvalue weighted by molar-refractivity contribution is 6.03. The largest absolute Gasteiger partial charge is 0.494 e. The normalized spacial score (nSPS) is 13.7. The summed E-state index contributed by atoms with van der Waals surface area (Å²) in [6, 6.07) is 19.4. The predicted octanol–water partition coefficient (Wildman–Crippen LogP) is 4.23. The van der Waals surface area contributed by atoms with Gasteiger partial charge in [0.15, 0.2) is 0 Å². The van der Waals surface area contributed by atoms with E-state index in [-0.39, 0.29) is 5.91 Å². The predicted molar refractivity (Wildman–Crippen MR) is 128 cm³/mol. The number of para-hydroxylation sites is 1. The molecule has 4 rings (SSSR count). The van der Waals surface area contributed by atoms with Crippen LogP contribution in [-0.2, 0) is 0 Å². The Labute approximate surface area is 189 Å². The topological polar surface area (TPSA) is 70.6 Å². The van der Waals surface area contributed by atoms with Gasteiger partial charge in [-0.2, -0.15) is 0 Å². The molecule has 1 fully saturated rings. The smallest absolute Gasteiger partial charge is 0.256 e. The maximum Gasteiger partial charge on any atom is 0.256 e. The molecule has 0 saturated carbocycles. The molecule has 0 radical (unpaired) electrons. The lowest BCUT2D eigenvalue weighted by molar-refractivity contribution is 0.102. The van der Waals surface area contributed by atoms with Gasteiger partial charge in [-0.15, -0.1) is 0 Å². The van der Waals surface area contributed by atoms with Crippen LogP contribution in [0.25, 0.3) is 0 Å². The van der Waals surface area contributed by atoms with Crippen LogP contribution < -0.4 is 19.9 Å². The minimum Gasteiger partial charge on any atom is -0.494 e. The first-order chi connectivity index (χ1) is 15.7. The Bertz CT molecular complexity index is 1000. The second-order valence-electron chi connectivity index (χ2n) is 7.75. The second kappa shape index (κ2) is 10.6. The minimum absolute atomic E-state index is 0.205. The number of amides is 1. The Morgan fingerprint density at radius 1 is 0.969 bits per heavy atom. The number of benzene rings is 2. The number of rotatable bonds is 8. The van der Waals surface area contributed by atoms with Crippen molar-refractivity contribution in [2.45, 2.75) is 19.8 Å². The number of nitrogens with one attached hydrogen (secondary N) is 1. The first kappa shape index (κ1) is 21.6. The van der Waals surface area contributed by atoms with Crippen molar-refractivity contribution in [1.82, 2.24) is 9.97 Å². The lowest BCUT2D eigenvalue weighted by atomic mass is 10.2. The fourth-order valence-corrected chi connectivity index (χ4v) is 3.65. The third kappa shape index (κ3) is 5.55. The van der Waals surface area contributed by atoms with E-state index in [0.717, 1.165) is 50.6 Å². The van der Waals surface area contributed by atoms with Crippen LogP contribution in [0.15, 0.2) is 67.0 Å². The first-order valence-electron chi connectivity index (χ1n) is 11.1. The summed E-state index contributed by atoms with van der Waals surface area (Å²) in [6.45, 7) is 6.37. The Balaban J connectivity index is 1.33. The highest BCUT2D eigenvalue weighted by atomic mass is 16.5. The number of ether oxygens (including phenoxy) is 1. The van der Waals surface area contributed by atoms with Crippen molar-refractivity contribution in [3.8, 4) is 5.75 Å². The molecule has 1 aromatic heterocycles. The van der Waals surface area contributed by atoms with Crippen LogP contribution in [0.3, 0.4) is 0 Å². The summed E-state index contributed by atoms with van der Waals surface area (Å²) in [5.74, 6) is 1.88.